The van der Waals surface area contributed by atoms with Crippen LogP contribution in [0.15, 0.2) is 30.3 Å². The Morgan fingerprint density at radius 2 is 1.50 bits per heavy atom. The second-order valence-electron chi connectivity index (χ2n) is 6.23. The number of hydrogen-bond acceptors (Lipinski definition) is 1. The third-order valence-electron chi connectivity index (χ3n) is 3.55. The van der Waals surface area contributed by atoms with Gasteiger partial charge in [-0.05, 0) is 43.8 Å². The Hall–Kier alpha value is -0.820. The summed E-state index contributed by atoms with van der Waals surface area (Å²) in [5.41, 5.74) is 1.45. The molecule has 0 fully saturated rings. The molecule has 0 bridgehead atoms. The third kappa shape index (κ3) is 14.1. The van der Waals surface area contributed by atoms with Crippen LogP contribution in [-0.4, -0.2) is 25.0 Å². The largest absolute Gasteiger partial charge is 0.306 e. The van der Waals surface area contributed by atoms with E-state index in [2.05, 4.69) is 76.9 Å². The molecule has 22 heavy (non-hydrogen) atoms. The summed E-state index contributed by atoms with van der Waals surface area (Å²) >= 11 is 0. The highest BCUT2D eigenvalue weighted by Crippen LogP contribution is 2.16. The van der Waals surface area contributed by atoms with Crippen molar-refractivity contribution < 1.29 is 0 Å². The topological polar surface area (TPSA) is 3.24 Å². The summed E-state index contributed by atoms with van der Waals surface area (Å²) in [6.45, 7) is 17.7. The van der Waals surface area contributed by atoms with Gasteiger partial charge in [0.2, 0.25) is 0 Å². The number of unbranched alkanes of at least 4 members (excludes halogenated alkanes) is 1. The van der Waals surface area contributed by atoms with E-state index in [-0.39, 0.29) is 0 Å². The van der Waals surface area contributed by atoms with Gasteiger partial charge >= 0.3 is 0 Å². The average molecular weight is 308 g/mol. The lowest BCUT2D eigenvalue weighted by Gasteiger charge is -2.17. The van der Waals surface area contributed by atoms with E-state index in [1.165, 1.54) is 37.9 Å². The second-order valence-corrected chi connectivity index (χ2v) is 6.23. The molecule has 0 heterocycles. The Morgan fingerprint density at radius 1 is 0.955 bits per heavy atom. The molecule has 0 saturated heterocycles. The highest BCUT2D eigenvalue weighted by atomic mass is 15.1. The van der Waals surface area contributed by atoms with Crippen LogP contribution in [0.4, 0.5) is 0 Å². The zero-order valence-corrected chi connectivity index (χ0v) is 16.5. The standard InChI is InChI=1S/C10H14.C9H21N.C2H6/c1-3-9(2)10-7-5-4-6-8-10;1-5-6-7-10(4)8-9(2)3;1-2/h4-9H,3H2,1-2H3;9H,5-8H2,1-4H3;1-2H3. The molecular formula is C21H41N. The molecule has 130 valence electrons. The lowest BCUT2D eigenvalue weighted by atomic mass is 9.99. The number of nitrogens with zero attached hydrogens (tertiary/aromatic N) is 1. The van der Waals surface area contributed by atoms with E-state index < -0.39 is 0 Å². The van der Waals surface area contributed by atoms with Crippen molar-refractivity contribution in [3.8, 4) is 0 Å². The van der Waals surface area contributed by atoms with Gasteiger partial charge in [-0.25, -0.2) is 0 Å². The highest BCUT2D eigenvalue weighted by molar-refractivity contribution is 5.18. The van der Waals surface area contributed by atoms with E-state index in [9.17, 15) is 0 Å². The predicted molar refractivity (Wildman–Crippen MR) is 104 cm³/mol. The van der Waals surface area contributed by atoms with Crippen LogP contribution in [0.2, 0.25) is 0 Å². The van der Waals surface area contributed by atoms with Gasteiger partial charge in [-0.15, -0.1) is 0 Å². The molecule has 1 heteroatoms. The van der Waals surface area contributed by atoms with Gasteiger partial charge in [-0.2, -0.15) is 0 Å². The SMILES string of the molecule is CC.CCC(C)c1ccccc1.CCCCN(C)CC(C)C. The summed E-state index contributed by atoms with van der Waals surface area (Å²) in [7, 11) is 2.20. The minimum atomic E-state index is 0.709. The van der Waals surface area contributed by atoms with Crippen molar-refractivity contribution in [2.24, 2.45) is 5.92 Å². The normalized spacial score (nSPS) is 11.4. The summed E-state index contributed by atoms with van der Waals surface area (Å²) in [4.78, 5) is 2.41. The number of hydrogen-bond donors (Lipinski definition) is 0. The molecule has 0 saturated carbocycles. The maximum absolute atomic E-state index is 2.41. The fourth-order valence-corrected chi connectivity index (χ4v) is 2.16. The van der Waals surface area contributed by atoms with Gasteiger partial charge in [0.25, 0.3) is 0 Å². The van der Waals surface area contributed by atoms with Crippen LogP contribution >= 0.6 is 0 Å². The molecule has 0 aliphatic rings. The van der Waals surface area contributed by atoms with Gasteiger partial charge in [-0.3, -0.25) is 0 Å². The molecule has 0 amide bonds. The van der Waals surface area contributed by atoms with Crippen molar-refractivity contribution in [3.63, 3.8) is 0 Å². The van der Waals surface area contributed by atoms with E-state index in [1.54, 1.807) is 0 Å². The summed E-state index contributed by atoms with van der Waals surface area (Å²) in [6, 6.07) is 10.6. The Labute approximate surface area is 141 Å². The quantitative estimate of drug-likeness (QED) is 0.548. The van der Waals surface area contributed by atoms with Crippen LogP contribution in [0.1, 0.15) is 79.2 Å². The Kier molecular flexibility index (Phi) is 17.6. The fourth-order valence-electron chi connectivity index (χ4n) is 2.16. The minimum Gasteiger partial charge on any atom is -0.306 e. The van der Waals surface area contributed by atoms with Crippen LogP contribution < -0.4 is 0 Å². The molecule has 1 nitrogen and oxygen atoms in total. The van der Waals surface area contributed by atoms with E-state index in [4.69, 9.17) is 0 Å². The molecule has 1 unspecified atom stereocenters. The van der Waals surface area contributed by atoms with Crippen molar-refractivity contribution in [3.05, 3.63) is 35.9 Å². The van der Waals surface area contributed by atoms with Gasteiger partial charge in [0, 0.05) is 6.54 Å². The Balaban J connectivity index is 0. The van der Waals surface area contributed by atoms with E-state index in [0.29, 0.717) is 5.92 Å². The smallest absolute Gasteiger partial charge is 0.000133 e. The Morgan fingerprint density at radius 3 is 1.91 bits per heavy atom. The van der Waals surface area contributed by atoms with E-state index >= 15 is 0 Å². The monoisotopic (exact) mass is 307 g/mol. The van der Waals surface area contributed by atoms with Gasteiger partial charge in [-0.1, -0.05) is 85.2 Å². The second kappa shape index (κ2) is 16.5. The van der Waals surface area contributed by atoms with Crippen molar-refractivity contribution in [1.82, 2.24) is 4.90 Å². The molecule has 0 N–H and O–H groups in total. The average Bonchev–Trinajstić information content (AvgIpc) is 2.55. The van der Waals surface area contributed by atoms with Crippen LogP contribution in [-0.2, 0) is 0 Å². The maximum Gasteiger partial charge on any atom is 0.000133 e. The molecule has 0 spiro atoms. The number of rotatable bonds is 7. The van der Waals surface area contributed by atoms with Crippen molar-refractivity contribution in [2.45, 2.75) is 73.6 Å². The maximum atomic E-state index is 2.41. The molecular weight excluding hydrogens is 266 g/mol. The fraction of sp³-hybridized carbons (Fsp3) is 0.714. The molecule has 0 radical (unpaired) electrons. The van der Waals surface area contributed by atoms with Crippen molar-refractivity contribution in [2.75, 3.05) is 20.1 Å². The van der Waals surface area contributed by atoms with Gasteiger partial charge in [0.1, 0.15) is 0 Å². The first-order valence-electron chi connectivity index (χ1n) is 9.24. The Bertz CT molecular complexity index is 305. The minimum absolute atomic E-state index is 0.709. The molecule has 1 rings (SSSR count). The van der Waals surface area contributed by atoms with E-state index in [0.717, 1.165) is 5.92 Å². The van der Waals surface area contributed by atoms with Crippen LogP contribution in [0.3, 0.4) is 0 Å². The molecule has 0 aliphatic heterocycles. The third-order valence-corrected chi connectivity index (χ3v) is 3.55. The lowest BCUT2D eigenvalue weighted by Crippen LogP contribution is -2.24. The number of benzene rings is 1. The molecule has 1 aromatic rings. The first kappa shape index (κ1) is 23.4. The van der Waals surface area contributed by atoms with Crippen LogP contribution in [0, 0.1) is 5.92 Å². The first-order chi connectivity index (χ1) is 10.5. The zero-order valence-electron chi connectivity index (χ0n) is 16.5. The first-order valence-corrected chi connectivity index (χ1v) is 9.24. The van der Waals surface area contributed by atoms with Crippen LogP contribution in [0.5, 0.6) is 0 Å². The summed E-state index contributed by atoms with van der Waals surface area (Å²) in [5.74, 6) is 1.52. The van der Waals surface area contributed by atoms with E-state index in [1.807, 2.05) is 13.8 Å². The van der Waals surface area contributed by atoms with Gasteiger partial charge < -0.3 is 4.90 Å². The molecule has 0 aromatic heterocycles. The predicted octanol–water partition coefficient (Wildman–Crippen LogP) is 6.60. The summed E-state index contributed by atoms with van der Waals surface area (Å²) < 4.78 is 0. The molecule has 1 aromatic carbocycles. The summed E-state index contributed by atoms with van der Waals surface area (Å²) in [5, 5.41) is 0. The lowest BCUT2D eigenvalue weighted by molar-refractivity contribution is 0.291. The van der Waals surface area contributed by atoms with Crippen molar-refractivity contribution >= 4 is 0 Å². The zero-order chi connectivity index (χ0) is 17.4. The van der Waals surface area contributed by atoms with Gasteiger partial charge in [0.15, 0.2) is 0 Å². The highest BCUT2D eigenvalue weighted by Gasteiger charge is 1.99. The molecule has 0 aliphatic carbocycles. The van der Waals surface area contributed by atoms with Crippen LogP contribution in [0.25, 0.3) is 0 Å². The molecule has 1 atom stereocenters. The van der Waals surface area contributed by atoms with Crippen molar-refractivity contribution in [1.29, 1.82) is 0 Å². The van der Waals surface area contributed by atoms with Gasteiger partial charge in [0.05, 0.1) is 0 Å². The summed E-state index contributed by atoms with van der Waals surface area (Å²) in [6.07, 6.45) is 3.87.